The van der Waals surface area contributed by atoms with Crippen LogP contribution < -0.4 is 5.32 Å². The maximum absolute atomic E-state index is 5.42. The highest BCUT2D eigenvalue weighted by Gasteiger charge is 2.15. The Morgan fingerprint density at radius 3 is 3.24 bits per heavy atom. The molecule has 0 spiro atoms. The molecule has 4 heteroatoms. The largest absolute Gasteiger partial charge is 0.384 e. The number of hydrogen-bond acceptors (Lipinski definition) is 3. The van der Waals surface area contributed by atoms with E-state index in [4.69, 9.17) is 4.74 Å². The van der Waals surface area contributed by atoms with Crippen LogP contribution in [0, 0.1) is 0 Å². The van der Waals surface area contributed by atoms with Gasteiger partial charge in [-0.2, -0.15) is 0 Å². The van der Waals surface area contributed by atoms with Crippen molar-refractivity contribution in [1.82, 2.24) is 9.55 Å². The molecular weight excluding hydrogens is 262 g/mol. The van der Waals surface area contributed by atoms with Gasteiger partial charge in [0.2, 0.25) is 0 Å². The van der Waals surface area contributed by atoms with Crippen LogP contribution in [0.25, 0.3) is 11.3 Å². The lowest BCUT2D eigenvalue weighted by Crippen LogP contribution is -2.13. The summed E-state index contributed by atoms with van der Waals surface area (Å²) in [5.74, 6) is 0. The van der Waals surface area contributed by atoms with Crippen LogP contribution in [0.2, 0.25) is 0 Å². The van der Waals surface area contributed by atoms with Gasteiger partial charge < -0.3 is 14.6 Å². The van der Waals surface area contributed by atoms with E-state index in [0.29, 0.717) is 0 Å². The summed E-state index contributed by atoms with van der Waals surface area (Å²) < 4.78 is 7.65. The van der Waals surface area contributed by atoms with Gasteiger partial charge in [0.1, 0.15) is 0 Å². The number of benzene rings is 1. The van der Waals surface area contributed by atoms with Crippen LogP contribution in [0.4, 0.5) is 5.69 Å². The highest BCUT2D eigenvalue weighted by atomic mass is 16.5. The Morgan fingerprint density at radius 2 is 2.33 bits per heavy atom. The minimum Gasteiger partial charge on any atom is -0.384 e. The number of anilines is 1. The van der Waals surface area contributed by atoms with E-state index in [1.807, 2.05) is 19.4 Å². The number of aryl methyl sites for hydroxylation is 2. The first kappa shape index (κ1) is 14.1. The molecule has 0 aliphatic carbocycles. The third kappa shape index (κ3) is 3.10. The number of rotatable bonds is 6. The molecule has 0 saturated carbocycles. The molecule has 112 valence electrons. The summed E-state index contributed by atoms with van der Waals surface area (Å²) in [5, 5.41) is 3.56. The number of para-hydroxylation sites is 1. The van der Waals surface area contributed by atoms with Crippen molar-refractivity contribution in [3.63, 3.8) is 0 Å². The van der Waals surface area contributed by atoms with Crippen molar-refractivity contribution in [3.8, 4) is 11.3 Å². The molecule has 3 rings (SSSR count). The highest BCUT2D eigenvalue weighted by Crippen LogP contribution is 2.33. The van der Waals surface area contributed by atoms with Crippen molar-refractivity contribution in [2.24, 2.45) is 0 Å². The molecule has 0 unspecified atom stereocenters. The first-order chi connectivity index (χ1) is 10.4. The SMILES string of the molecule is CCOCCCn1cncc1-c1cccc2c1NCCC2. The van der Waals surface area contributed by atoms with E-state index in [9.17, 15) is 0 Å². The molecule has 0 saturated heterocycles. The highest BCUT2D eigenvalue weighted by molar-refractivity contribution is 5.78. The molecule has 1 aromatic heterocycles. The van der Waals surface area contributed by atoms with Gasteiger partial charge in [0, 0.05) is 37.6 Å². The zero-order valence-corrected chi connectivity index (χ0v) is 12.6. The van der Waals surface area contributed by atoms with Crippen LogP contribution in [-0.2, 0) is 17.7 Å². The predicted octanol–water partition coefficient (Wildman–Crippen LogP) is 3.33. The number of nitrogens with zero attached hydrogens (tertiary/aromatic N) is 2. The molecule has 0 amide bonds. The van der Waals surface area contributed by atoms with Gasteiger partial charge in [-0.05, 0) is 31.7 Å². The van der Waals surface area contributed by atoms with E-state index in [1.165, 1.54) is 28.9 Å². The molecule has 2 heterocycles. The van der Waals surface area contributed by atoms with Gasteiger partial charge in [-0.25, -0.2) is 4.98 Å². The van der Waals surface area contributed by atoms with E-state index in [0.717, 1.165) is 39.1 Å². The Morgan fingerprint density at radius 1 is 1.38 bits per heavy atom. The van der Waals surface area contributed by atoms with Gasteiger partial charge in [0.05, 0.1) is 18.2 Å². The molecule has 4 nitrogen and oxygen atoms in total. The molecule has 0 fully saturated rings. The summed E-state index contributed by atoms with van der Waals surface area (Å²) in [4.78, 5) is 4.34. The number of ether oxygens (including phenoxy) is 1. The Hall–Kier alpha value is -1.81. The number of imidazole rings is 1. The molecule has 2 aromatic rings. The van der Waals surface area contributed by atoms with Gasteiger partial charge in [0.25, 0.3) is 0 Å². The van der Waals surface area contributed by atoms with Crippen molar-refractivity contribution in [2.45, 2.75) is 32.7 Å². The lowest BCUT2D eigenvalue weighted by atomic mass is 9.98. The quantitative estimate of drug-likeness (QED) is 0.827. The maximum Gasteiger partial charge on any atom is 0.0950 e. The molecule has 1 N–H and O–H groups in total. The Bertz CT molecular complexity index is 591. The number of hydrogen-bond donors (Lipinski definition) is 1. The zero-order valence-electron chi connectivity index (χ0n) is 12.6. The van der Waals surface area contributed by atoms with Crippen molar-refractivity contribution < 1.29 is 4.74 Å². The third-order valence-electron chi connectivity index (χ3n) is 3.96. The third-order valence-corrected chi connectivity index (χ3v) is 3.96. The van der Waals surface area contributed by atoms with Crippen LogP contribution in [0.15, 0.2) is 30.7 Å². The first-order valence-corrected chi connectivity index (χ1v) is 7.84. The van der Waals surface area contributed by atoms with Crippen LogP contribution in [0.1, 0.15) is 25.3 Å². The average molecular weight is 285 g/mol. The molecule has 0 atom stereocenters. The van der Waals surface area contributed by atoms with Crippen LogP contribution in [0.3, 0.4) is 0 Å². The first-order valence-electron chi connectivity index (χ1n) is 7.84. The Labute approximate surface area is 126 Å². The Balaban J connectivity index is 1.83. The lowest BCUT2D eigenvalue weighted by Gasteiger charge is -2.21. The van der Waals surface area contributed by atoms with Gasteiger partial charge in [-0.15, -0.1) is 0 Å². The summed E-state index contributed by atoms with van der Waals surface area (Å²) in [5.41, 5.74) is 5.16. The lowest BCUT2D eigenvalue weighted by molar-refractivity contribution is 0.142. The zero-order chi connectivity index (χ0) is 14.5. The predicted molar refractivity (Wildman–Crippen MR) is 85.6 cm³/mol. The fraction of sp³-hybridized carbons (Fsp3) is 0.471. The molecular formula is C17H23N3O. The summed E-state index contributed by atoms with van der Waals surface area (Å²) in [7, 11) is 0. The minimum atomic E-state index is 0.785. The minimum absolute atomic E-state index is 0.785. The molecule has 21 heavy (non-hydrogen) atoms. The van der Waals surface area contributed by atoms with Gasteiger partial charge in [0.15, 0.2) is 0 Å². The molecule has 1 aromatic carbocycles. The second-order valence-corrected chi connectivity index (χ2v) is 5.39. The summed E-state index contributed by atoms with van der Waals surface area (Å²) in [6.07, 6.45) is 7.27. The Kier molecular flexibility index (Phi) is 4.55. The average Bonchev–Trinajstić information content (AvgIpc) is 2.99. The molecule has 1 aliphatic rings. The van der Waals surface area contributed by atoms with Crippen molar-refractivity contribution in [1.29, 1.82) is 0 Å². The van der Waals surface area contributed by atoms with Gasteiger partial charge >= 0.3 is 0 Å². The second kappa shape index (κ2) is 6.76. The summed E-state index contributed by atoms with van der Waals surface area (Å²) in [6, 6.07) is 6.56. The van der Waals surface area contributed by atoms with E-state index in [2.05, 4.69) is 33.1 Å². The normalized spacial score (nSPS) is 13.8. The number of aromatic nitrogens is 2. The van der Waals surface area contributed by atoms with Crippen molar-refractivity contribution >= 4 is 5.69 Å². The standard InChI is InChI=1S/C17H23N3O/c1-2-21-11-5-10-20-13-18-12-16(20)15-8-3-6-14-7-4-9-19-17(14)15/h3,6,8,12-13,19H,2,4-5,7,9-11H2,1H3. The van der Waals surface area contributed by atoms with E-state index in [1.54, 1.807) is 0 Å². The van der Waals surface area contributed by atoms with E-state index < -0.39 is 0 Å². The molecule has 1 aliphatic heterocycles. The number of fused-ring (bicyclic) bond motifs is 1. The second-order valence-electron chi connectivity index (χ2n) is 5.39. The maximum atomic E-state index is 5.42. The van der Waals surface area contributed by atoms with Crippen LogP contribution >= 0.6 is 0 Å². The number of nitrogens with one attached hydrogen (secondary N) is 1. The van der Waals surface area contributed by atoms with Crippen molar-refractivity contribution in [3.05, 3.63) is 36.3 Å². The monoisotopic (exact) mass is 285 g/mol. The fourth-order valence-electron chi connectivity index (χ4n) is 2.93. The topological polar surface area (TPSA) is 39.1 Å². The summed E-state index contributed by atoms with van der Waals surface area (Å²) in [6.45, 7) is 5.62. The smallest absolute Gasteiger partial charge is 0.0950 e. The molecule has 0 radical (unpaired) electrons. The van der Waals surface area contributed by atoms with Gasteiger partial charge in [-0.1, -0.05) is 18.2 Å². The van der Waals surface area contributed by atoms with Crippen LogP contribution in [0.5, 0.6) is 0 Å². The summed E-state index contributed by atoms with van der Waals surface area (Å²) >= 11 is 0. The molecule has 0 bridgehead atoms. The fourth-order valence-corrected chi connectivity index (χ4v) is 2.93. The van der Waals surface area contributed by atoms with Crippen molar-refractivity contribution in [2.75, 3.05) is 25.1 Å². The van der Waals surface area contributed by atoms with E-state index >= 15 is 0 Å². The van der Waals surface area contributed by atoms with E-state index in [-0.39, 0.29) is 0 Å². The van der Waals surface area contributed by atoms with Gasteiger partial charge in [-0.3, -0.25) is 0 Å². The van der Waals surface area contributed by atoms with Crippen LogP contribution in [-0.4, -0.2) is 29.3 Å².